The van der Waals surface area contributed by atoms with Crippen molar-refractivity contribution in [3.8, 4) is 0 Å². The maximum atomic E-state index is 10.00. The van der Waals surface area contributed by atoms with Gasteiger partial charge < -0.3 is 20.4 Å². The van der Waals surface area contributed by atoms with Crippen LogP contribution in [0.5, 0.6) is 0 Å². The molecule has 0 aliphatic rings. The molecule has 0 amide bonds. The first-order valence-corrected chi connectivity index (χ1v) is 6.81. The summed E-state index contributed by atoms with van der Waals surface area (Å²) in [5, 5.41) is 31.4. The number of hydrogen-bond acceptors (Lipinski definition) is 8. The topological polar surface area (TPSA) is 140 Å². The lowest BCUT2D eigenvalue weighted by Gasteiger charge is -1.97. The predicted octanol–water partition coefficient (Wildman–Crippen LogP) is 0.652. The summed E-state index contributed by atoms with van der Waals surface area (Å²) in [6.07, 6.45) is 4.27. The van der Waals surface area contributed by atoms with Crippen LogP contribution in [0.1, 0.15) is 18.4 Å². The van der Waals surface area contributed by atoms with Crippen molar-refractivity contribution >= 4 is 23.5 Å². The van der Waals surface area contributed by atoms with Crippen LogP contribution in [0.2, 0.25) is 0 Å². The molecule has 0 aromatic heterocycles. The molecule has 0 saturated carbocycles. The first-order valence-electron chi connectivity index (χ1n) is 6.81. The van der Waals surface area contributed by atoms with Gasteiger partial charge in [0.05, 0.1) is 24.6 Å². The minimum atomic E-state index is -0.125. The van der Waals surface area contributed by atoms with Gasteiger partial charge in [-0.2, -0.15) is 9.98 Å². The Morgan fingerprint density at radius 1 is 0.870 bits per heavy atom. The van der Waals surface area contributed by atoms with E-state index in [1.807, 2.05) is 0 Å². The van der Waals surface area contributed by atoms with Crippen molar-refractivity contribution in [2.24, 2.45) is 9.98 Å². The first-order chi connectivity index (χ1) is 11.1. The molecule has 0 radical (unpaired) electrons. The van der Waals surface area contributed by atoms with E-state index in [1.54, 1.807) is 19.1 Å². The van der Waals surface area contributed by atoms with Crippen LogP contribution in [0.25, 0.3) is 0 Å². The highest BCUT2D eigenvalue weighted by Crippen LogP contribution is 2.23. The zero-order valence-electron chi connectivity index (χ0n) is 13.0. The van der Waals surface area contributed by atoms with Crippen molar-refractivity contribution < 1.29 is 30.0 Å². The van der Waals surface area contributed by atoms with Gasteiger partial charge >= 0.3 is 0 Å². The summed E-state index contributed by atoms with van der Waals surface area (Å²) in [5.41, 5.74) is 1.72. The second-order valence-electron chi connectivity index (χ2n) is 3.98. The molecule has 1 aromatic rings. The largest absolute Gasteiger partial charge is 0.396 e. The number of carbonyl (C=O) groups excluding carboxylic acids is 2. The van der Waals surface area contributed by atoms with Gasteiger partial charge in [-0.3, -0.25) is 0 Å². The summed E-state index contributed by atoms with van der Waals surface area (Å²) in [4.78, 5) is 26.8. The average Bonchev–Trinajstić information content (AvgIpc) is 2.57. The molecule has 0 aliphatic heterocycles. The van der Waals surface area contributed by atoms with Crippen molar-refractivity contribution in [1.82, 2.24) is 0 Å². The molecule has 0 spiro atoms. The summed E-state index contributed by atoms with van der Waals surface area (Å²) in [6.45, 7) is 1.94. The SMILES string of the molecule is Cc1ccc(N=C=O)cc1N=C=O.OCCCCO.OCCO. The highest BCUT2D eigenvalue weighted by Gasteiger charge is 1.97. The molecule has 8 nitrogen and oxygen atoms in total. The third kappa shape index (κ3) is 14.5. The van der Waals surface area contributed by atoms with Crippen LogP contribution in [0.3, 0.4) is 0 Å². The Hall–Kier alpha value is -2.18. The molecule has 128 valence electrons. The normalized spacial score (nSPS) is 8.39. The van der Waals surface area contributed by atoms with Gasteiger partial charge in [0.25, 0.3) is 0 Å². The summed E-state index contributed by atoms with van der Waals surface area (Å²) in [7, 11) is 0. The zero-order chi connectivity index (χ0) is 17.9. The summed E-state index contributed by atoms with van der Waals surface area (Å²) in [5.74, 6) is 0. The molecule has 0 heterocycles. The molecule has 4 N–H and O–H groups in total. The number of benzene rings is 1. The van der Waals surface area contributed by atoms with E-state index in [0.717, 1.165) is 18.4 Å². The number of nitrogens with zero attached hydrogens (tertiary/aromatic N) is 2. The van der Waals surface area contributed by atoms with E-state index in [9.17, 15) is 9.59 Å². The Bertz CT molecular complexity index is 503. The van der Waals surface area contributed by atoms with Gasteiger partial charge in [-0.15, -0.1) is 0 Å². The van der Waals surface area contributed by atoms with E-state index < -0.39 is 0 Å². The Balaban J connectivity index is 0. The third-order valence-corrected chi connectivity index (χ3v) is 2.20. The van der Waals surface area contributed by atoms with Gasteiger partial charge in [-0.05, 0) is 37.5 Å². The van der Waals surface area contributed by atoms with Crippen molar-refractivity contribution in [2.75, 3.05) is 26.4 Å². The number of rotatable bonds is 6. The van der Waals surface area contributed by atoms with Crippen LogP contribution >= 0.6 is 0 Å². The molecule has 0 saturated heterocycles. The second-order valence-corrected chi connectivity index (χ2v) is 3.98. The van der Waals surface area contributed by atoms with Crippen LogP contribution in [0.4, 0.5) is 11.4 Å². The minimum absolute atomic E-state index is 0.125. The van der Waals surface area contributed by atoms with Crippen LogP contribution in [0.15, 0.2) is 28.2 Å². The maximum Gasteiger partial charge on any atom is 0.240 e. The molecular formula is C15H22N2O6. The van der Waals surface area contributed by atoms with Crippen molar-refractivity contribution in [2.45, 2.75) is 19.8 Å². The average molecular weight is 326 g/mol. The van der Waals surface area contributed by atoms with Gasteiger partial charge in [0.2, 0.25) is 12.2 Å². The van der Waals surface area contributed by atoms with Crippen LogP contribution in [0, 0.1) is 6.92 Å². The van der Waals surface area contributed by atoms with Crippen molar-refractivity contribution in [1.29, 1.82) is 0 Å². The first kappa shape index (κ1) is 23.1. The molecule has 0 bridgehead atoms. The number of isocyanates is 2. The lowest BCUT2D eigenvalue weighted by Crippen LogP contribution is -1.85. The second kappa shape index (κ2) is 17.9. The van der Waals surface area contributed by atoms with Gasteiger partial charge in [-0.1, -0.05) is 6.07 Å². The molecular weight excluding hydrogens is 304 g/mol. The smallest absolute Gasteiger partial charge is 0.240 e. The van der Waals surface area contributed by atoms with Gasteiger partial charge in [0, 0.05) is 13.2 Å². The van der Waals surface area contributed by atoms with Gasteiger partial charge in [-0.25, -0.2) is 9.59 Å². The van der Waals surface area contributed by atoms with E-state index in [1.165, 1.54) is 18.2 Å². The number of aliphatic imine (C=N–C) groups is 2. The fraction of sp³-hybridized carbons (Fsp3) is 0.467. The van der Waals surface area contributed by atoms with E-state index in [0.29, 0.717) is 11.4 Å². The molecule has 23 heavy (non-hydrogen) atoms. The number of unbranched alkanes of at least 4 members (excludes halogenated alkanes) is 1. The van der Waals surface area contributed by atoms with Gasteiger partial charge in [0.1, 0.15) is 0 Å². The monoisotopic (exact) mass is 326 g/mol. The Kier molecular flexibility index (Phi) is 17.9. The van der Waals surface area contributed by atoms with Crippen molar-refractivity contribution in [3.63, 3.8) is 0 Å². The predicted molar refractivity (Wildman–Crippen MR) is 84.3 cm³/mol. The highest BCUT2D eigenvalue weighted by atomic mass is 16.3. The fourth-order valence-electron chi connectivity index (χ4n) is 1.11. The summed E-state index contributed by atoms with van der Waals surface area (Å²) >= 11 is 0. The molecule has 8 heteroatoms. The van der Waals surface area contributed by atoms with E-state index in [2.05, 4.69) is 9.98 Å². The molecule has 1 aromatic carbocycles. The molecule has 0 fully saturated rings. The van der Waals surface area contributed by atoms with Crippen molar-refractivity contribution in [3.05, 3.63) is 23.8 Å². The third-order valence-electron chi connectivity index (χ3n) is 2.20. The molecule has 0 unspecified atom stereocenters. The van der Waals surface area contributed by atoms with Crippen LogP contribution in [-0.2, 0) is 9.59 Å². The summed E-state index contributed by atoms with van der Waals surface area (Å²) in [6, 6.07) is 4.88. The molecule has 0 atom stereocenters. The molecule has 1 rings (SSSR count). The fourth-order valence-corrected chi connectivity index (χ4v) is 1.11. The quantitative estimate of drug-likeness (QED) is 0.344. The standard InChI is InChI=1S/C9H6N2O2.C4H10O2.C2H6O2/c1-7-2-3-8(10-5-12)4-9(7)11-6-13;5-3-1-2-4-6;3-1-2-4/h2-4H,1H3;5-6H,1-4H2;3-4H,1-2H2. The van der Waals surface area contributed by atoms with Crippen LogP contribution in [-0.4, -0.2) is 59.0 Å². The lowest BCUT2D eigenvalue weighted by atomic mass is 10.2. The van der Waals surface area contributed by atoms with E-state index in [4.69, 9.17) is 20.4 Å². The van der Waals surface area contributed by atoms with E-state index in [-0.39, 0.29) is 26.4 Å². The maximum absolute atomic E-state index is 10.00. The minimum Gasteiger partial charge on any atom is -0.396 e. The Morgan fingerprint density at radius 2 is 1.39 bits per heavy atom. The lowest BCUT2D eigenvalue weighted by molar-refractivity contribution is 0.186. The summed E-state index contributed by atoms with van der Waals surface area (Å²) < 4.78 is 0. The zero-order valence-corrected chi connectivity index (χ0v) is 13.0. The van der Waals surface area contributed by atoms with E-state index >= 15 is 0 Å². The molecule has 0 aliphatic carbocycles. The Morgan fingerprint density at radius 3 is 1.78 bits per heavy atom. The number of hydrogen-bond donors (Lipinski definition) is 4. The number of aryl methyl sites for hydroxylation is 1. The number of aliphatic hydroxyl groups excluding tert-OH is 4. The van der Waals surface area contributed by atoms with Gasteiger partial charge in [0.15, 0.2) is 0 Å². The highest BCUT2D eigenvalue weighted by molar-refractivity contribution is 5.61. The number of aliphatic hydroxyl groups is 4. The van der Waals surface area contributed by atoms with Crippen LogP contribution < -0.4 is 0 Å². The Labute approximate surface area is 134 Å².